The maximum Gasteiger partial charge on any atom is 0.277 e. The summed E-state index contributed by atoms with van der Waals surface area (Å²) >= 11 is 1.14. The summed E-state index contributed by atoms with van der Waals surface area (Å²) in [6, 6.07) is 10.1. The number of anilines is 1. The van der Waals surface area contributed by atoms with Crippen molar-refractivity contribution in [3.05, 3.63) is 42.0 Å². The molecule has 0 spiro atoms. The van der Waals surface area contributed by atoms with Crippen molar-refractivity contribution in [1.29, 1.82) is 0 Å². The van der Waals surface area contributed by atoms with Crippen LogP contribution in [0.3, 0.4) is 0 Å². The minimum atomic E-state index is -0.101. The smallest absolute Gasteiger partial charge is 0.277 e. The van der Waals surface area contributed by atoms with E-state index < -0.39 is 0 Å². The van der Waals surface area contributed by atoms with Gasteiger partial charge in [0, 0.05) is 23.2 Å². The Morgan fingerprint density at radius 3 is 2.22 bits per heavy atom. The van der Waals surface area contributed by atoms with Gasteiger partial charge in [-0.3, -0.25) is 9.59 Å². The first-order valence-electron chi connectivity index (χ1n) is 9.68. The molecule has 10 heteroatoms. The number of benzene rings is 2. The van der Waals surface area contributed by atoms with E-state index in [1.54, 1.807) is 43.3 Å². The normalized spacial score (nSPS) is 10.5. The van der Waals surface area contributed by atoms with Crippen LogP contribution < -0.4 is 19.5 Å². The summed E-state index contributed by atoms with van der Waals surface area (Å²) in [5.74, 6) is 1.58. The Bertz CT molecular complexity index is 1070. The van der Waals surface area contributed by atoms with Crippen LogP contribution in [0.15, 0.2) is 46.0 Å². The predicted molar refractivity (Wildman–Crippen MR) is 120 cm³/mol. The highest BCUT2D eigenvalue weighted by Crippen LogP contribution is 2.41. The molecule has 9 nitrogen and oxygen atoms in total. The molecule has 0 fully saturated rings. The van der Waals surface area contributed by atoms with E-state index in [0.29, 0.717) is 40.5 Å². The van der Waals surface area contributed by atoms with Gasteiger partial charge in [0.15, 0.2) is 17.3 Å². The largest absolute Gasteiger partial charge is 0.493 e. The van der Waals surface area contributed by atoms with Crippen LogP contribution in [-0.4, -0.2) is 49.0 Å². The molecule has 0 aliphatic rings. The van der Waals surface area contributed by atoms with Gasteiger partial charge in [0.2, 0.25) is 17.5 Å². The zero-order valence-electron chi connectivity index (χ0n) is 18.1. The molecular formula is C22H23N3O6S. The lowest BCUT2D eigenvalue weighted by Gasteiger charge is -2.12. The summed E-state index contributed by atoms with van der Waals surface area (Å²) in [6.07, 6.45) is 0.388. The van der Waals surface area contributed by atoms with E-state index in [9.17, 15) is 9.59 Å². The second kappa shape index (κ2) is 10.7. The average molecular weight is 458 g/mol. The number of ether oxygens (including phenoxy) is 3. The molecule has 1 heterocycles. The predicted octanol–water partition coefficient (Wildman–Crippen LogP) is 4.09. The minimum absolute atomic E-state index is 0.0843. The highest BCUT2D eigenvalue weighted by molar-refractivity contribution is 7.99. The van der Waals surface area contributed by atoms with Crippen LogP contribution in [-0.2, 0) is 4.79 Å². The number of Topliss-reactive ketones (excluding diaryl/α,β-unsaturated/α-hetero) is 1. The Hall–Kier alpha value is -3.53. The third kappa shape index (κ3) is 5.38. The second-order valence-corrected chi connectivity index (χ2v) is 7.40. The van der Waals surface area contributed by atoms with Crippen molar-refractivity contribution in [3.8, 4) is 28.7 Å². The van der Waals surface area contributed by atoms with E-state index in [1.807, 2.05) is 0 Å². The molecule has 0 unspecified atom stereocenters. The molecule has 168 valence electrons. The lowest BCUT2D eigenvalue weighted by atomic mass is 10.1. The highest BCUT2D eigenvalue weighted by atomic mass is 32.2. The van der Waals surface area contributed by atoms with Gasteiger partial charge in [-0.2, -0.15) is 0 Å². The monoisotopic (exact) mass is 457 g/mol. The molecule has 32 heavy (non-hydrogen) atoms. The van der Waals surface area contributed by atoms with Crippen molar-refractivity contribution in [2.45, 2.75) is 18.6 Å². The van der Waals surface area contributed by atoms with Crippen molar-refractivity contribution in [3.63, 3.8) is 0 Å². The summed E-state index contributed by atoms with van der Waals surface area (Å²) in [7, 11) is 4.56. The molecule has 2 aromatic carbocycles. The Morgan fingerprint density at radius 2 is 1.66 bits per heavy atom. The molecule has 0 aliphatic carbocycles. The first kappa shape index (κ1) is 23.1. The van der Waals surface area contributed by atoms with Gasteiger partial charge in [0.25, 0.3) is 5.22 Å². The van der Waals surface area contributed by atoms with Crippen molar-refractivity contribution < 1.29 is 28.2 Å². The van der Waals surface area contributed by atoms with Gasteiger partial charge in [-0.15, -0.1) is 10.2 Å². The molecule has 0 saturated heterocycles. The molecular weight excluding hydrogens is 434 g/mol. The molecule has 0 saturated carbocycles. The van der Waals surface area contributed by atoms with Crippen LogP contribution in [0.5, 0.6) is 17.2 Å². The molecule has 0 aliphatic heterocycles. The van der Waals surface area contributed by atoms with Crippen molar-refractivity contribution in [2.24, 2.45) is 0 Å². The van der Waals surface area contributed by atoms with E-state index in [2.05, 4.69) is 15.5 Å². The lowest BCUT2D eigenvalue weighted by Crippen LogP contribution is -2.09. The van der Waals surface area contributed by atoms with E-state index in [0.717, 1.165) is 11.8 Å². The Balaban J connectivity index is 1.67. The van der Waals surface area contributed by atoms with Gasteiger partial charge in [-0.25, -0.2) is 0 Å². The SMILES string of the molecule is CCC(=O)Nc1ccc(C(=O)CSc2nnc(-c3cc(OC)c(OC)c(OC)c3)o2)cc1. The van der Waals surface area contributed by atoms with E-state index >= 15 is 0 Å². The van der Waals surface area contributed by atoms with E-state index in [-0.39, 0.29) is 28.6 Å². The van der Waals surface area contributed by atoms with Crippen LogP contribution in [0.2, 0.25) is 0 Å². The number of carbonyl (C=O) groups excluding carboxylic acids is 2. The van der Waals surface area contributed by atoms with Crippen molar-refractivity contribution >= 4 is 29.1 Å². The van der Waals surface area contributed by atoms with E-state index in [1.165, 1.54) is 21.3 Å². The Kier molecular flexibility index (Phi) is 7.72. The van der Waals surface area contributed by atoms with Crippen LogP contribution in [0.1, 0.15) is 23.7 Å². The summed E-state index contributed by atoms with van der Waals surface area (Å²) in [5, 5.41) is 11.1. The number of amides is 1. The third-order valence-electron chi connectivity index (χ3n) is 4.46. The number of nitrogens with zero attached hydrogens (tertiary/aromatic N) is 2. The highest BCUT2D eigenvalue weighted by Gasteiger charge is 2.18. The maximum absolute atomic E-state index is 12.5. The third-order valence-corrected chi connectivity index (χ3v) is 5.28. The van der Waals surface area contributed by atoms with Gasteiger partial charge >= 0.3 is 0 Å². The number of rotatable bonds is 10. The van der Waals surface area contributed by atoms with Gasteiger partial charge in [0.05, 0.1) is 27.1 Å². The molecule has 1 N–H and O–H groups in total. The number of nitrogens with one attached hydrogen (secondary N) is 1. The van der Waals surface area contributed by atoms with E-state index in [4.69, 9.17) is 18.6 Å². The summed E-state index contributed by atoms with van der Waals surface area (Å²) in [5.41, 5.74) is 1.76. The maximum atomic E-state index is 12.5. The molecule has 3 aromatic rings. The molecule has 0 atom stereocenters. The lowest BCUT2D eigenvalue weighted by molar-refractivity contribution is -0.115. The number of thioether (sulfide) groups is 1. The number of hydrogen-bond donors (Lipinski definition) is 1. The molecule has 1 amide bonds. The number of ketones is 1. The standard InChI is InChI=1S/C22H23N3O6S/c1-5-19(27)23-15-8-6-13(7-9-15)16(26)12-32-22-25-24-21(31-22)14-10-17(28-2)20(30-4)18(11-14)29-3/h6-11H,5,12H2,1-4H3,(H,23,27). The van der Waals surface area contributed by atoms with Crippen LogP contribution >= 0.6 is 11.8 Å². The number of carbonyl (C=O) groups is 2. The van der Waals surface area contributed by atoms with Crippen molar-refractivity contribution in [2.75, 3.05) is 32.4 Å². The number of hydrogen-bond acceptors (Lipinski definition) is 9. The summed E-state index contributed by atoms with van der Waals surface area (Å²) < 4.78 is 21.7. The minimum Gasteiger partial charge on any atom is -0.493 e. The Morgan fingerprint density at radius 1 is 1.00 bits per heavy atom. The van der Waals surface area contributed by atoms with Crippen LogP contribution in [0.4, 0.5) is 5.69 Å². The fraction of sp³-hybridized carbons (Fsp3) is 0.273. The zero-order chi connectivity index (χ0) is 23.1. The quantitative estimate of drug-likeness (QED) is 0.355. The van der Waals surface area contributed by atoms with Gasteiger partial charge in [0.1, 0.15) is 0 Å². The molecule has 0 bridgehead atoms. The summed E-state index contributed by atoms with van der Waals surface area (Å²) in [6.45, 7) is 1.77. The number of aromatic nitrogens is 2. The molecule has 1 aromatic heterocycles. The van der Waals surface area contributed by atoms with Gasteiger partial charge < -0.3 is 23.9 Å². The second-order valence-electron chi connectivity index (χ2n) is 6.48. The van der Waals surface area contributed by atoms with Crippen LogP contribution in [0.25, 0.3) is 11.5 Å². The topological polar surface area (TPSA) is 113 Å². The fourth-order valence-corrected chi connectivity index (χ4v) is 3.45. The first-order valence-corrected chi connectivity index (χ1v) is 10.7. The first-order chi connectivity index (χ1) is 15.5. The Labute approximate surface area is 189 Å². The fourth-order valence-electron chi connectivity index (χ4n) is 2.79. The van der Waals surface area contributed by atoms with Crippen molar-refractivity contribution in [1.82, 2.24) is 10.2 Å². The molecule has 0 radical (unpaired) electrons. The molecule has 3 rings (SSSR count). The van der Waals surface area contributed by atoms with Crippen LogP contribution in [0, 0.1) is 0 Å². The van der Waals surface area contributed by atoms with Gasteiger partial charge in [-0.05, 0) is 36.4 Å². The van der Waals surface area contributed by atoms with Gasteiger partial charge in [-0.1, -0.05) is 18.7 Å². The zero-order valence-corrected chi connectivity index (χ0v) is 18.9. The summed E-state index contributed by atoms with van der Waals surface area (Å²) in [4.78, 5) is 23.9. The average Bonchev–Trinajstić information content (AvgIpc) is 3.31. The number of methoxy groups -OCH3 is 3.